The van der Waals surface area contributed by atoms with Crippen LogP contribution >= 0.6 is 11.3 Å². The van der Waals surface area contributed by atoms with Crippen LogP contribution in [0.3, 0.4) is 0 Å². The molecule has 1 saturated carbocycles. The lowest BCUT2D eigenvalue weighted by Crippen LogP contribution is -2.21. The number of nitrogens with one attached hydrogen (secondary N) is 1. The van der Waals surface area contributed by atoms with E-state index in [4.69, 9.17) is 9.72 Å². The van der Waals surface area contributed by atoms with Crippen LogP contribution in [-0.4, -0.2) is 17.6 Å². The first-order valence-corrected chi connectivity index (χ1v) is 8.69. The molecule has 1 aromatic heterocycles. The molecule has 114 valence electrons. The fraction of sp³-hybridized carbons (Fsp3) is 0.812. The van der Waals surface area contributed by atoms with E-state index in [9.17, 15) is 0 Å². The molecule has 0 amide bonds. The first-order chi connectivity index (χ1) is 9.52. The minimum Gasteiger partial charge on any atom is -0.371 e. The Morgan fingerprint density at radius 1 is 1.30 bits per heavy atom. The van der Waals surface area contributed by atoms with Gasteiger partial charge in [0.1, 0.15) is 11.1 Å². The molecular weight excluding hydrogens is 268 g/mol. The Bertz CT molecular complexity index is 424. The molecular formula is C16H28N2OS. The van der Waals surface area contributed by atoms with Crippen molar-refractivity contribution in [2.45, 2.75) is 72.1 Å². The highest BCUT2D eigenvalue weighted by atomic mass is 32.1. The number of thiazole rings is 1. The second kappa shape index (κ2) is 7.01. The molecule has 0 radical (unpaired) electrons. The van der Waals surface area contributed by atoms with Gasteiger partial charge in [-0.05, 0) is 25.7 Å². The highest BCUT2D eigenvalue weighted by Gasteiger charge is 2.31. The number of nitrogens with zero attached hydrogens (tertiary/aromatic N) is 1. The van der Waals surface area contributed by atoms with Crippen LogP contribution < -0.4 is 5.32 Å². The number of hydrogen-bond acceptors (Lipinski definition) is 4. The van der Waals surface area contributed by atoms with E-state index in [-0.39, 0.29) is 6.10 Å². The zero-order valence-electron chi connectivity index (χ0n) is 13.4. The van der Waals surface area contributed by atoms with Crippen molar-refractivity contribution >= 4 is 11.3 Å². The van der Waals surface area contributed by atoms with Gasteiger partial charge < -0.3 is 10.1 Å². The van der Waals surface area contributed by atoms with E-state index in [0.717, 1.165) is 13.2 Å². The predicted octanol–water partition coefficient (Wildman–Crippen LogP) is 4.25. The average Bonchev–Trinajstić information content (AvgIpc) is 3.14. The van der Waals surface area contributed by atoms with E-state index in [2.05, 4.69) is 39.9 Å². The topological polar surface area (TPSA) is 34.1 Å². The Morgan fingerprint density at radius 2 is 2.00 bits per heavy atom. The van der Waals surface area contributed by atoms with Gasteiger partial charge in [-0.1, -0.05) is 27.7 Å². The van der Waals surface area contributed by atoms with Crippen molar-refractivity contribution in [2.24, 2.45) is 5.92 Å². The zero-order valence-corrected chi connectivity index (χ0v) is 14.2. The molecule has 1 aromatic rings. The number of ether oxygens (including phenoxy) is 1. The van der Waals surface area contributed by atoms with Crippen LogP contribution in [0.25, 0.3) is 0 Å². The van der Waals surface area contributed by atoms with Crippen LogP contribution in [0.2, 0.25) is 0 Å². The van der Waals surface area contributed by atoms with Crippen molar-refractivity contribution in [3.8, 4) is 0 Å². The molecule has 1 heterocycles. The SMILES string of the molecule is CCOC(c1nc(C2CC2)c(CNC(C)C)s1)C(C)C. The Labute approximate surface area is 127 Å². The summed E-state index contributed by atoms with van der Waals surface area (Å²) in [7, 11) is 0. The third kappa shape index (κ3) is 4.03. The van der Waals surface area contributed by atoms with Gasteiger partial charge in [0, 0.05) is 30.0 Å². The third-order valence-electron chi connectivity index (χ3n) is 3.57. The van der Waals surface area contributed by atoms with E-state index in [1.165, 1.54) is 28.4 Å². The first kappa shape index (κ1) is 15.9. The van der Waals surface area contributed by atoms with Crippen LogP contribution in [0, 0.1) is 5.92 Å². The summed E-state index contributed by atoms with van der Waals surface area (Å²) in [6.45, 7) is 12.6. The number of aromatic nitrogens is 1. The maximum Gasteiger partial charge on any atom is 0.122 e. The molecule has 1 N–H and O–H groups in total. The maximum atomic E-state index is 5.91. The van der Waals surface area contributed by atoms with Crippen LogP contribution in [0.4, 0.5) is 0 Å². The quantitative estimate of drug-likeness (QED) is 0.778. The Morgan fingerprint density at radius 3 is 2.50 bits per heavy atom. The molecule has 4 heteroatoms. The minimum atomic E-state index is 0.148. The highest BCUT2D eigenvalue weighted by molar-refractivity contribution is 7.11. The molecule has 1 unspecified atom stereocenters. The second-order valence-corrected chi connectivity index (χ2v) is 7.41. The molecule has 20 heavy (non-hydrogen) atoms. The zero-order chi connectivity index (χ0) is 14.7. The maximum absolute atomic E-state index is 5.91. The number of rotatable bonds is 8. The summed E-state index contributed by atoms with van der Waals surface area (Å²) < 4.78 is 5.91. The Balaban J connectivity index is 2.18. The molecule has 2 rings (SSSR count). The van der Waals surface area contributed by atoms with Gasteiger partial charge >= 0.3 is 0 Å². The van der Waals surface area contributed by atoms with E-state index in [0.29, 0.717) is 17.9 Å². The molecule has 0 bridgehead atoms. The summed E-state index contributed by atoms with van der Waals surface area (Å²) in [6.07, 6.45) is 2.76. The van der Waals surface area contributed by atoms with Crippen LogP contribution in [0.5, 0.6) is 0 Å². The molecule has 0 aromatic carbocycles. The summed E-state index contributed by atoms with van der Waals surface area (Å²) in [6, 6.07) is 0.514. The summed E-state index contributed by atoms with van der Waals surface area (Å²) >= 11 is 1.85. The summed E-state index contributed by atoms with van der Waals surface area (Å²) in [4.78, 5) is 6.36. The first-order valence-electron chi connectivity index (χ1n) is 7.87. The van der Waals surface area contributed by atoms with Gasteiger partial charge in [0.15, 0.2) is 0 Å². The van der Waals surface area contributed by atoms with Crippen LogP contribution in [-0.2, 0) is 11.3 Å². The molecule has 3 nitrogen and oxygen atoms in total. The fourth-order valence-electron chi connectivity index (χ4n) is 2.33. The molecule has 1 fully saturated rings. The Hall–Kier alpha value is -0.450. The lowest BCUT2D eigenvalue weighted by Gasteiger charge is -2.18. The van der Waals surface area contributed by atoms with Crippen molar-refractivity contribution in [3.63, 3.8) is 0 Å². The standard InChI is InChI=1S/C16H28N2OS/c1-6-19-15(10(2)3)16-18-14(12-7-8-12)13(20-16)9-17-11(4)5/h10-12,15,17H,6-9H2,1-5H3. The van der Waals surface area contributed by atoms with Crippen molar-refractivity contribution in [3.05, 3.63) is 15.6 Å². The van der Waals surface area contributed by atoms with Gasteiger partial charge in [-0.3, -0.25) is 0 Å². The Kier molecular flexibility index (Phi) is 5.58. The average molecular weight is 296 g/mol. The fourth-order valence-corrected chi connectivity index (χ4v) is 3.66. The highest BCUT2D eigenvalue weighted by Crippen LogP contribution is 2.44. The summed E-state index contributed by atoms with van der Waals surface area (Å²) in [5, 5.41) is 4.70. The van der Waals surface area contributed by atoms with Crippen LogP contribution in [0.1, 0.15) is 75.1 Å². The third-order valence-corrected chi connectivity index (χ3v) is 4.71. The van der Waals surface area contributed by atoms with Gasteiger partial charge in [0.05, 0.1) is 5.69 Å². The lowest BCUT2D eigenvalue weighted by molar-refractivity contribution is 0.0292. The minimum absolute atomic E-state index is 0.148. The van der Waals surface area contributed by atoms with Crippen LogP contribution in [0.15, 0.2) is 0 Å². The van der Waals surface area contributed by atoms with Gasteiger partial charge in [0.25, 0.3) is 0 Å². The number of hydrogen-bond donors (Lipinski definition) is 1. The summed E-state index contributed by atoms with van der Waals surface area (Å²) in [5.41, 5.74) is 1.34. The lowest BCUT2D eigenvalue weighted by atomic mass is 10.1. The summed E-state index contributed by atoms with van der Waals surface area (Å²) in [5.74, 6) is 1.18. The van der Waals surface area contributed by atoms with Gasteiger partial charge in [-0.15, -0.1) is 11.3 Å². The largest absolute Gasteiger partial charge is 0.371 e. The smallest absolute Gasteiger partial charge is 0.122 e. The predicted molar refractivity (Wildman–Crippen MR) is 85.3 cm³/mol. The van der Waals surface area contributed by atoms with Gasteiger partial charge in [-0.25, -0.2) is 4.98 Å². The van der Waals surface area contributed by atoms with Gasteiger partial charge in [-0.2, -0.15) is 0 Å². The normalized spacial score (nSPS) is 17.1. The second-order valence-electron chi connectivity index (χ2n) is 6.29. The molecule has 0 saturated heterocycles. The molecule has 1 aliphatic carbocycles. The van der Waals surface area contributed by atoms with E-state index in [1.807, 2.05) is 11.3 Å². The van der Waals surface area contributed by atoms with Gasteiger partial charge in [0.2, 0.25) is 0 Å². The molecule has 1 atom stereocenters. The van der Waals surface area contributed by atoms with Crippen molar-refractivity contribution in [1.82, 2.24) is 10.3 Å². The molecule has 1 aliphatic rings. The molecule has 0 aliphatic heterocycles. The van der Waals surface area contributed by atoms with E-state index >= 15 is 0 Å². The molecule has 0 spiro atoms. The monoisotopic (exact) mass is 296 g/mol. The van der Waals surface area contributed by atoms with Crippen molar-refractivity contribution < 1.29 is 4.74 Å². The van der Waals surface area contributed by atoms with E-state index in [1.54, 1.807) is 0 Å². The van der Waals surface area contributed by atoms with E-state index < -0.39 is 0 Å². The van der Waals surface area contributed by atoms with Crippen molar-refractivity contribution in [1.29, 1.82) is 0 Å². The van der Waals surface area contributed by atoms with Crippen molar-refractivity contribution in [2.75, 3.05) is 6.61 Å².